The van der Waals surface area contributed by atoms with E-state index in [2.05, 4.69) is 35.6 Å². The molecule has 0 radical (unpaired) electrons. The predicted octanol–water partition coefficient (Wildman–Crippen LogP) is 4.74. The molecule has 0 atom stereocenters. The van der Waals surface area contributed by atoms with Crippen LogP contribution in [-0.2, 0) is 19.6 Å². The van der Waals surface area contributed by atoms with Crippen LogP contribution in [0.3, 0.4) is 0 Å². The van der Waals surface area contributed by atoms with Crippen LogP contribution in [0.15, 0.2) is 78.9 Å². The standard InChI is InChI=1S/C22H22FNO/c23-21-11-9-19(10-12-21)17-25-22-8-4-7-20(15-22)16-24-14-13-18-5-2-1-3-6-18/h1-12,15,24H,13-14,16-17H2. The Balaban J connectivity index is 1.45. The number of hydrogen-bond donors (Lipinski definition) is 1. The van der Waals surface area contributed by atoms with Crippen LogP contribution in [0.25, 0.3) is 0 Å². The average molecular weight is 335 g/mol. The van der Waals surface area contributed by atoms with E-state index in [-0.39, 0.29) is 5.82 Å². The summed E-state index contributed by atoms with van der Waals surface area (Å²) >= 11 is 0. The van der Waals surface area contributed by atoms with Gasteiger partial charge in [-0.2, -0.15) is 0 Å². The average Bonchev–Trinajstić information content (AvgIpc) is 2.66. The zero-order valence-corrected chi connectivity index (χ0v) is 14.1. The van der Waals surface area contributed by atoms with Crippen molar-refractivity contribution in [2.75, 3.05) is 6.54 Å². The Kier molecular flexibility index (Phi) is 6.18. The normalized spacial score (nSPS) is 10.6. The SMILES string of the molecule is Fc1ccc(COc2cccc(CNCCc3ccccc3)c2)cc1. The summed E-state index contributed by atoms with van der Waals surface area (Å²) in [6.07, 6.45) is 1.02. The lowest BCUT2D eigenvalue weighted by Crippen LogP contribution is -2.16. The van der Waals surface area contributed by atoms with E-state index in [9.17, 15) is 4.39 Å². The third kappa shape index (κ3) is 5.73. The minimum Gasteiger partial charge on any atom is -0.489 e. The molecule has 2 nitrogen and oxygen atoms in total. The minimum absolute atomic E-state index is 0.229. The first-order chi connectivity index (χ1) is 12.3. The van der Waals surface area contributed by atoms with Crippen molar-refractivity contribution in [3.05, 3.63) is 101 Å². The molecule has 0 aliphatic rings. The summed E-state index contributed by atoms with van der Waals surface area (Å²) in [6.45, 7) is 2.18. The van der Waals surface area contributed by atoms with Gasteiger partial charge >= 0.3 is 0 Å². The van der Waals surface area contributed by atoms with E-state index < -0.39 is 0 Å². The Morgan fingerprint density at radius 1 is 0.760 bits per heavy atom. The highest BCUT2D eigenvalue weighted by molar-refractivity contribution is 5.29. The van der Waals surface area contributed by atoms with Crippen molar-refractivity contribution in [3.8, 4) is 5.75 Å². The fourth-order valence-electron chi connectivity index (χ4n) is 2.60. The summed E-state index contributed by atoms with van der Waals surface area (Å²) in [5.41, 5.74) is 3.48. The van der Waals surface area contributed by atoms with Gasteiger partial charge in [0.1, 0.15) is 18.2 Å². The number of nitrogens with one attached hydrogen (secondary N) is 1. The quantitative estimate of drug-likeness (QED) is 0.601. The summed E-state index contributed by atoms with van der Waals surface area (Å²) in [4.78, 5) is 0. The molecule has 0 spiro atoms. The Bertz CT molecular complexity index is 772. The highest BCUT2D eigenvalue weighted by Gasteiger charge is 2.00. The lowest BCUT2D eigenvalue weighted by Gasteiger charge is -2.09. The highest BCUT2D eigenvalue weighted by atomic mass is 19.1. The molecule has 0 aromatic heterocycles. The topological polar surface area (TPSA) is 21.3 Å². The third-order valence-corrected chi connectivity index (χ3v) is 3.98. The molecule has 0 aliphatic heterocycles. The summed E-state index contributed by atoms with van der Waals surface area (Å²) in [5, 5.41) is 3.46. The minimum atomic E-state index is -0.229. The Morgan fingerprint density at radius 2 is 1.52 bits per heavy atom. The van der Waals surface area contributed by atoms with E-state index in [1.807, 2.05) is 24.3 Å². The van der Waals surface area contributed by atoms with Gasteiger partial charge in [0.15, 0.2) is 0 Å². The lowest BCUT2D eigenvalue weighted by molar-refractivity contribution is 0.305. The van der Waals surface area contributed by atoms with E-state index >= 15 is 0 Å². The third-order valence-electron chi connectivity index (χ3n) is 3.98. The fourth-order valence-corrected chi connectivity index (χ4v) is 2.60. The highest BCUT2D eigenvalue weighted by Crippen LogP contribution is 2.15. The van der Waals surface area contributed by atoms with E-state index in [1.165, 1.54) is 23.3 Å². The van der Waals surface area contributed by atoms with Crippen LogP contribution in [0.2, 0.25) is 0 Å². The Morgan fingerprint density at radius 3 is 2.32 bits per heavy atom. The summed E-state index contributed by atoms with van der Waals surface area (Å²) in [7, 11) is 0. The fraction of sp³-hybridized carbons (Fsp3) is 0.182. The molecule has 128 valence electrons. The van der Waals surface area contributed by atoms with Gasteiger partial charge in [0.2, 0.25) is 0 Å². The molecule has 3 heteroatoms. The maximum absolute atomic E-state index is 12.9. The van der Waals surface area contributed by atoms with Crippen LogP contribution in [0.5, 0.6) is 5.75 Å². The maximum atomic E-state index is 12.9. The monoisotopic (exact) mass is 335 g/mol. The van der Waals surface area contributed by atoms with Crippen molar-refractivity contribution in [1.82, 2.24) is 5.32 Å². The first-order valence-electron chi connectivity index (χ1n) is 8.50. The molecule has 0 fully saturated rings. The van der Waals surface area contributed by atoms with Crippen molar-refractivity contribution in [2.24, 2.45) is 0 Å². The van der Waals surface area contributed by atoms with Crippen molar-refractivity contribution in [2.45, 2.75) is 19.6 Å². The second-order valence-electron chi connectivity index (χ2n) is 5.97. The smallest absolute Gasteiger partial charge is 0.123 e. The predicted molar refractivity (Wildman–Crippen MR) is 99.0 cm³/mol. The molecule has 0 saturated heterocycles. The van der Waals surface area contributed by atoms with Crippen LogP contribution in [-0.4, -0.2) is 6.54 Å². The van der Waals surface area contributed by atoms with Gasteiger partial charge in [-0.3, -0.25) is 0 Å². The van der Waals surface area contributed by atoms with Crippen LogP contribution >= 0.6 is 0 Å². The van der Waals surface area contributed by atoms with Gasteiger partial charge in [0, 0.05) is 6.54 Å². The largest absolute Gasteiger partial charge is 0.489 e. The Labute approximate surface area is 148 Å². The van der Waals surface area contributed by atoms with Crippen LogP contribution in [0, 0.1) is 5.82 Å². The van der Waals surface area contributed by atoms with E-state index in [0.29, 0.717) is 6.61 Å². The molecule has 3 rings (SSSR count). The number of halogens is 1. The zero-order chi connectivity index (χ0) is 17.3. The van der Waals surface area contributed by atoms with Gasteiger partial charge in [-0.25, -0.2) is 4.39 Å². The number of rotatable bonds is 8. The van der Waals surface area contributed by atoms with Crippen LogP contribution in [0.4, 0.5) is 4.39 Å². The molecule has 0 heterocycles. The Hall–Kier alpha value is -2.65. The first-order valence-corrected chi connectivity index (χ1v) is 8.50. The molecule has 3 aromatic rings. The lowest BCUT2D eigenvalue weighted by atomic mass is 10.1. The molecule has 3 aromatic carbocycles. The molecule has 25 heavy (non-hydrogen) atoms. The molecular weight excluding hydrogens is 313 g/mol. The van der Waals surface area contributed by atoms with Gasteiger partial charge in [0.25, 0.3) is 0 Å². The van der Waals surface area contributed by atoms with Gasteiger partial charge in [-0.15, -0.1) is 0 Å². The molecule has 0 bridgehead atoms. The van der Waals surface area contributed by atoms with E-state index in [1.54, 1.807) is 12.1 Å². The summed E-state index contributed by atoms with van der Waals surface area (Å²) < 4.78 is 18.7. The van der Waals surface area contributed by atoms with Crippen molar-refractivity contribution >= 4 is 0 Å². The summed E-state index contributed by atoms with van der Waals surface area (Å²) in [5.74, 6) is 0.596. The van der Waals surface area contributed by atoms with Crippen molar-refractivity contribution in [1.29, 1.82) is 0 Å². The van der Waals surface area contributed by atoms with E-state index in [4.69, 9.17) is 4.74 Å². The number of benzene rings is 3. The van der Waals surface area contributed by atoms with E-state index in [0.717, 1.165) is 30.8 Å². The number of hydrogen-bond acceptors (Lipinski definition) is 2. The molecule has 0 saturated carbocycles. The molecule has 0 amide bonds. The van der Waals surface area contributed by atoms with Gasteiger partial charge in [-0.1, -0.05) is 54.6 Å². The van der Waals surface area contributed by atoms with Gasteiger partial charge in [-0.05, 0) is 53.9 Å². The second-order valence-corrected chi connectivity index (χ2v) is 5.97. The molecule has 0 unspecified atom stereocenters. The van der Waals surface area contributed by atoms with Crippen LogP contribution < -0.4 is 10.1 Å². The summed E-state index contributed by atoms with van der Waals surface area (Å²) in [6, 6.07) is 24.9. The zero-order valence-electron chi connectivity index (χ0n) is 14.1. The van der Waals surface area contributed by atoms with Gasteiger partial charge in [0.05, 0.1) is 0 Å². The maximum Gasteiger partial charge on any atom is 0.123 e. The molecular formula is C22H22FNO. The number of ether oxygens (including phenoxy) is 1. The van der Waals surface area contributed by atoms with Crippen molar-refractivity contribution in [3.63, 3.8) is 0 Å². The second kappa shape index (κ2) is 9.00. The molecule has 0 aliphatic carbocycles. The first kappa shape index (κ1) is 17.2. The molecule has 1 N–H and O–H groups in total. The van der Waals surface area contributed by atoms with Gasteiger partial charge < -0.3 is 10.1 Å². The van der Waals surface area contributed by atoms with Crippen LogP contribution in [0.1, 0.15) is 16.7 Å². The van der Waals surface area contributed by atoms with Crippen molar-refractivity contribution < 1.29 is 9.13 Å².